The maximum absolute atomic E-state index is 5.95. The molecule has 1 heterocycles. The van der Waals surface area contributed by atoms with Gasteiger partial charge in [-0.25, -0.2) is 0 Å². The van der Waals surface area contributed by atoms with E-state index in [4.69, 9.17) is 10.5 Å². The molecule has 0 aromatic carbocycles. The summed E-state index contributed by atoms with van der Waals surface area (Å²) >= 11 is 0. The van der Waals surface area contributed by atoms with Crippen LogP contribution in [0.5, 0.6) is 0 Å². The van der Waals surface area contributed by atoms with Crippen molar-refractivity contribution in [1.82, 2.24) is 0 Å². The lowest BCUT2D eigenvalue weighted by Gasteiger charge is -2.14. The lowest BCUT2D eigenvalue weighted by atomic mass is 10.0. The molecule has 0 radical (unpaired) electrons. The van der Waals surface area contributed by atoms with Gasteiger partial charge >= 0.3 is 0 Å². The van der Waals surface area contributed by atoms with Gasteiger partial charge in [-0.2, -0.15) is 0 Å². The predicted octanol–water partition coefficient (Wildman–Crippen LogP) is 1.69. The molecule has 2 nitrogen and oxygen atoms in total. The Bertz CT molecular complexity index is 186. The first-order chi connectivity index (χ1) is 6.33. The molecule has 1 aliphatic heterocycles. The van der Waals surface area contributed by atoms with E-state index in [1.807, 2.05) is 6.92 Å². The highest BCUT2D eigenvalue weighted by Crippen LogP contribution is 2.17. The van der Waals surface area contributed by atoms with E-state index in [-0.39, 0.29) is 6.04 Å². The zero-order valence-electron chi connectivity index (χ0n) is 8.38. The minimum Gasteiger partial charge on any atom is -0.378 e. The lowest BCUT2D eigenvalue weighted by molar-refractivity contribution is 0.0977. The van der Waals surface area contributed by atoms with Crippen molar-refractivity contribution in [1.29, 1.82) is 0 Å². The Morgan fingerprint density at radius 3 is 3.08 bits per heavy atom. The molecule has 2 N–H and O–H groups in total. The van der Waals surface area contributed by atoms with Crippen LogP contribution in [0.3, 0.4) is 0 Å². The Morgan fingerprint density at radius 2 is 2.46 bits per heavy atom. The smallest absolute Gasteiger partial charge is 0.0590 e. The van der Waals surface area contributed by atoms with E-state index in [1.54, 1.807) is 0 Å². The topological polar surface area (TPSA) is 35.2 Å². The van der Waals surface area contributed by atoms with Gasteiger partial charge in [-0.05, 0) is 32.6 Å². The Hall–Kier alpha value is -0.520. The third kappa shape index (κ3) is 4.31. The van der Waals surface area contributed by atoms with Gasteiger partial charge in [-0.15, -0.1) is 11.8 Å². The summed E-state index contributed by atoms with van der Waals surface area (Å²) in [6, 6.07) is 0.268. The number of nitrogens with two attached hydrogens (primary N) is 1. The largest absolute Gasteiger partial charge is 0.378 e. The van der Waals surface area contributed by atoms with E-state index in [0.717, 1.165) is 25.9 Å². The van der Waals surface area contributed by atoms with Crippen LogP contribution in [0.15, 0.2) is 0 Å². The standard InChI is InChI=1S/C11H19NO/c1-2-3-4-6-10(12)9-11-7-5-8-13-11/h10-11H,4-9,12H2,1H3. The van der Waals surface area contributed by atoms with Gasteiger partial charge in [0.25, 0.3) is 0 Å². The van der Waals surface area contributed by atoms with Crippen LogP contribution in [-0.2, 0) is 4.74 Å². The normalized spacial score (nSPS) is 23.7. The molecule has 0 spiro atoms. The second kappa shape index (κ2) is 6.01. The summed E-state index contributed by atoms with van der Waals surface area (Å²) in [6.45, 7) is 2.79. The van der Waals surface area contributed by atoms with E-state index < -0.39 is 0 Å². The second-order valence-corrected chi connectivity index (χ2v) is 3.60. The summed E-state index contributed by atoms with van der Waals surface area (Å²) in [5.41, 5.74) is 5.95. The highest BCUT2D eigenvalue weighted by molar-refractivity contribution is 4.95. The predicted molar refractivity (Wildman–Crippen MR) is 54.3 cm³/mol. The summed E-state index contributed by atoms with van der Waals surface area (Å²) < 4.78 is 5.51. The zero-order valence-corrected chi connectivity index (χ0v) is 8.38. The van der Waals surface area contributed by atoms with E-state index in [9.17, 15) is 0 Å². The first-order valence-corrected chi connectivity index (χ1v) is 5.09. The fraction of sp³-hybridized carbons (Fsp3) is 0.818. The SMILES string of the molecule is CC#CCCC(N)CC1CCCO1. The highest BCUT2D eigenvalue weighted by atomic mass is 16.5. The fourth-order valence-electron chi connectivity index (χ4n) is 1.67. The van der Waals surface area contributed by atoms with Crippen molar-refractivity contribution in [2.75, 3.05) is 6.61 Å². The molecule has 13 heavy (non-hydrogen) atoms. The van der Waals surface area contributed by atoms with Gasteiger partial charge in [-0.1, -0.05) is 0 Å². The lowest BCUT2D eigenvalue weighted by Crippen LogP contribution is -2.25. The summed E-state index contributed by atoms with van der Waals surface area (Å²) in [7, 11) is 0. The maximum atomic E-state index is 5.95. The van der Waals surface area contributed by atoms with Crippen LogP contribution >= 0.6 is 0 Å². The molecule has 0 saturated carbocycles. The van der Waals surface area contributed by atoms with E-state index in [2.05, 4.69) is 11.8 Å². The number of ether oxygens (including phenoxy) is 1. The molecule has 1 saturated heterocycles. The Labute approximate surface area is 80.8 Å². The minimum absolute atomic E-state index is 0.268. The van der Waals surface area contributed by atoms with Gasteiger partial charge in [0.1, 0.15) is 0 Å². The summed E-state index contributed by atoms with van der Waals surface area (Å²) in [4.78, 5) is 0. The third-order valence-electron chi connectivity index (χ3n) is 2.41. The first kappa shape index (κ1) is 10.6. The van der Waals surface area contributed by atoms with Crippen molar-refractivity contribution < 1.29 is 4.74 Å². The quantitative estimate of drug-likeness (QED) is 0.670. The molecule has 2 heteroatoms. The van der Waals surface area contributed by atoms with Crippen LogP contribution in [0.2, 0.25) is 0 Å². The summed E-state index contributed by atoms with van der Waals surface area (Å²) in [5.74, 6) is 5.91. The van der Waals surface area contributed by atoms with Crippen molar-refractivity contribution in [3.63, 3.8) is 0 Å². The average Bonchev–Trinajstić information content (AvgIpc) is 2.57. The van der Waals surface area contributed by atoms with E-state index in [0.29, 0.717) is 6.10 Å². The van der Waals surface area contributed by atoms with Crippen LogP contribution < -0.4 is 5.73 Å². The molecule has 1 fully saturated rings. The molecule has 74 valence electrons. The van der Waals surface area contributed by atoms with Gasteiger partial charge in [0.05, 0.1) is 6.10 Å². The second-order valence-electron chi connectivity index (χ2n) is 3.60. The van der Waals surface area contributed by atoms with Crippen molar-refractivity contribution in [2.45, 2.75) is 51.2 Å². The zero-order chi connectivity index (χ0) is 9.52. The number of hydrogen-bond donors (Lipinski definition) is 1. The van der Waals surface area contributed by atoms with Crippen molar-refractivity contribution in [2.24, 2.45) is 5.73 Å². The minimum atomic E-state index is 0.268. The highest BCUT2D eigenvalue weighted by Gasteiger charge is 2.17. The number of hydrogen-bond acceptors (Lipinski definition) is 2. The third-order valence-corrected chi connectivity index (χ3v) is 2.41. The molecular formula is C11H19NO. The molecule has 0 aromatic heterocycles. The summed E-state index contributed by atoms with van der Waals surface area (Å²) in [5, 5.41) is 0. The Morgan fingerprint density at radius 1 is 1.62 bits per heavy atom. The first-order valence-electron chi connectivity index (χ1n) is 5.09. The van der Waals surface area contributed by atoms with E-state index in [1.165, 1.54) is 12.8 Å². The van der Waals surface area contributed by atoms with Crippen molar-refractivity contribution in [3.05, 3.63) is 0 Å². The van der Waals surface area contributed by atoms with Crippen LogP contribution in [0.25, 0.3) is 0 Å². The van der Waals surface area contributed by atoms with Crippen LogP contribution in [0, 0.1) is 11.8 Å². The summed E-state index contributed by atoms with van der Waals surface area (Å²) in [6.07, 6.45) is 5.74. The van der Waals surface area contributed by atoms with Crippen LogP contribution in [0.1, 0.15) is 39.0 Å². The van der Waals surface area contributed by atoms with Gasteiger partial charge in [0, 0.05) is 19.1 Å². The van der Waals surface area contributed by atoms with E-state index >= 15 is 0 Å². The van der Waals surface area contributed by atoms with Gasteiger partial charge in [-0.3, -0.25) is 0 Å². The molecule has 0 aromatic rings. The van der Waals surface area contributed by atoms with Crippen LogP contribution in [-0.4, -0.2) is 18.8 Å². The molecule has 1 rings (SSSR count). The maximum Gasteiger partial charge on any atom is 0.0590 e. The van der Waals surface area contributed by atoms with Crippen molar-refractivity contribution >= 4 is 0 Å². The Balaban J connectivity index is 2.07. The number of rotatable bonds is 4. The van der Waals surface area contributed by atoms with Crippen LogP contribution in [0.4, 0.5) is 0 Å². The average molecular weight is 181 g/mol. The van der Waals surface area contributed by atoms with Gasteiger partial charge < -0.3 is 10.5 Å². The fourth-order valence-corrected chi connectivity index (χ4v) is 1.67. The molecule has 0 bridgehead atoms. The van der Waals surface area contributed by atoms with Crippen molar-refractivity contribution in [3.8, 4) is 11.8 Å². The Kier molecular flexibility index (Phi) is 4.88. The monoisotopic (exact) mass is 181 g/mol. The molecule has 0 amide bonds. The molecule has 0 aliphatic carbocycles. The molecule has 1 aliphatic rings. The van der Waals surface area contributed by atoms with Gasteiger partial charge in [0.2, 0.25) is 0 Å². The molecule has 2 unspecified atom stereocenters. The molecular weight excluding hydrogens is 162 g/mol. The van der Waals surface area contributed by atoms with Gasteiger partial charge in [0.15, 0.2) is 0 Å². The molecule has 2 atom stereocenters.